The van der Waals surface area contributed by atoms with Crippen molar-refractivity contribution >= 4 is 23.9 Å². The molecule has 1 heterocycles. The van der Waals surface area contributed by atoms with Gasteiger partial charge in [-0.25, -0.2) is 9.10 Å². The Morgan fingerprint density at radius 3 is 2.92 bits per heavy atom. The molecular weight excluding hydrogens is 176 g/mol. The molecule has 0 saturated carbocycles. The highest BCUT2D eigenvalue weighted by Gasteiger charge is 2.32. The summed E-state index contributed by atoms with van der Waals surface area (Å²) in [4.78, 5) is 22.3. The molecule has 0 radical (unpaired) electrons. The summed E-state index contributed by atoms with van der Waals surface area (Å²) in [6.45, 7) is 4.31. The average Bonchev–Trinajstić information content (AvgIpc) is 2.30. The number of carbonyl (C=O) groups excluding carboxylic acids is 2. The molecule has 1 fully saturated rings. The normalized spacial score (nSPS) is 23.0. The van der Waals surface area contributed by atoms with E-state index >= 15 is 0 Å². The van der Waals surface area contributed by atoms with Crippen LogP contribution in [0.15, 0.2) is 0 Å². The van der Waals surface area contributed by atoms with Gasteiger partial charge in [-0.3, -0.25) is 4.79 Å². The van der Waals surface area contributed by atoms with Crippen LogP contribution < -0.4 is 5.32 Å². The van der Waals surface area contributed by atoms with Crippen molar-refractivity contribution in [3.8, 4) is 0 Å². The summed E-state index contributed by atoms with van der Waals surface area (Å²) in [7, 11) is 0. The van der Waals surface area contributed by atoms with Crippen molar-refractivity contribution in [2.45, 2.75) is 25.5 Å². The molecule has 0 aromatic heterocycles. The minimum atomic E-state index is -0.295. The van der Waals surface area contributed by atoms with Gasteiger partial charge in [0.2, 0.25) is 5.91 Å². The molecule has 5 heteroatoms. The molecular formula is C7H12N2O2S. The Balaban J connectivity index is 2.52. The van der Waals surface area contributed by atoms with E-state index in [2.05, 4.69) is 5.32 Å². The van der Waals surface area contributed by atoms with E-state index in [9.17, 15) is 9.59 Å². The zero-order valence-electron chi connectivity index (χ0n) is 7.16. The molecule has 1 saturated heterocycles. The predicted octanol–water partition coefficient (Wildman–Crippen LogP) is 0.985. The Kier molecular flexibility index (Phi) is 2.97. The maximum Gasteiger partial charge on any atom is 0.334 e. The standard InChI is InChI=1S/C7H12N2O2S/c1-3-8-7(11)9-6(10)4-5(2)12-9/h5H,3-4H2,1-2H3,(H,8,11). The highest BCUT2D eigenvalue weighted by molar-refractivity contribution is 7.99. The van der Waals surface area contributed by atoms with Gasteiger partial charge in [0, 0.05) is 18.2 Å². The van der Waals surface area contributed by atoms with Crippen molar-refractivity contribution in [3.63, 3.8) is 0 Å². The summed E-state index contributed by atoms with van der Waals surface area (Å²) < 4.78 is 1.20. The Morgan fingerprint density at radius 2 is 2.50 bits per heavy atom. The van der Waals surface area contributed by atoms with E-state index in [0.29, 0.717) is 13.0 Å². The highest BCUT2D eigenvalue weighted by atomic mass is 32.2. The van der Waals surface area contributed by atoms with Gasteiger partial charge in [-0.05, 0) is 18.9 Å². The van der Waals surface area contributed by atoms with Crippen LogP contribution in [0.25, 0.3) is 0 Å². The Hall–Kier alpha value is -0.710. The van der Waals surface area contributed by atoms with E-state index in [4.69, 9.17) is 0 Å². The van der Waals surface area contributed by atoms with Crippen molar-refractivity contribution in [1.29, 1.82) is 0 Å². The smallest absolute Gasteiger partial charge is 0.334 e. The molecule has 1 N–H and O–H groups in total. The first kappa shape index (κ1) is 9.38. The van der Waals surface area contributed by atoms with Crippen LogP contribution in [0.4, 0.5) is 4.79 Å². The van der Waals surface area contributed by atoms with Crippen molar-refractivity contribution in [1.82, 2.24) is 9.62 Å². The fourth-order valence-electron chi connectivity index (χ4n) is 0.989. The fourth-order valence-corrected chi connectivity index (χ4v) is 1.92. The van der Waals surface area contributed by atoms with Gasteiger partial charge in [-0.15, -0.1) is 0 Å². The van der Waals surface area contributed by atoms with Gasteiger partial charge in [-0.1, -0.05) is 6.92 Å². The van der Waals surface area contributed by atoms with Gasteiger partial charge in [-0.2, -0.15) is 0 Å². The second-order valence-corrected chi connectivity index (χ2v) is 4.02. The van der Waals surface area contributed by atoms with E-state index in [1.807, 2.05) is 13.8 Å². The van der Waals surface area contributed by atoms with Crippen molar-refractivity contribution in [2.75, 3.05) is 6.54 Å². The number of nitrogens with one attached hydrogen (secondary N) is 1. The molecule has 3 amide bonds. The molecule has 1 aliphatic rings. The van der Waals surface area contributed by atoms with Crippen LogP contribution in [0, 0.1) is 0 Å². The van der Waals surface area contributed by atoms with E-state index in [-0.39, 0.29) is 17.2 Å². The molecule has 0 aliphatic carbocycles. The number of amides is 3. The van der Waals surface area contributed by atoms with Crippen molar-refractivity contribution < 1.29 is 9.59 Å². The summed E-state index contributed by atoms with van der Waals surface area (Å²) in [5.41, 5.74) is 0. The number of carbonyl (C=O) groups is 2. The SMILES string of the molecule is CCNC(=O)N1SC(C)CC1=O. The number of urea groups is 1. The second kappa shape index (κ2) is 3.80. The van der Waals surface area contributed by atoms with Gasteiger partial charge < -0.3 is 5.32 Å². The average molecular weight is 188 g/mol. The van der Waals surface area contributed by atoms with E-state index in [1.165, 1.54) is 16.3 Å². The molecule has 0 aromatic carbocycles. The third-order valence-corrected chi connectivity index (χ3v) is 2.59. The summed E-state index contributed by atoms with van der Waals surface area (Å²) in [5, 5.41) is 2.81. The molecule has 1 rings (SSSR count). The number of nitrogens with zero attached hydrogens (tertiary/aromatic N) is 1. The van der Waals surface area contributed by atoms with E-state index in [0.717, 1.165) is 0 Å². The first-order valence-electron chi connectivity index (χ1n) is 3.92. The van der Waals surface area contributed by atoms with Crippen LogP contribution in [0.1, 0.15) is 20.3 Å². The fraction of sp³-hybridized carbons (Fsp3) is 0.714. The molecule has 4 nitrogen and oxygen atoms in total. The molecule has 0 bridgehead atoms. The van der Waals surface area contributed by atoms with Crippen LogP contribution in [-0.2, 0) is 4.79 Å². The second-order valence-electron chi connectivity index (χ2n) is 2.64. The lowest BCUT2D eigenvalue weighted by atomic mass is 10.3. The maximum absolute atomic E-state index is 11.2. The molecule has 12 heavy (non-hydrogen) atoms. The van der Waals surface area contributed by atoms with Crippen LogP contribution in [0.5, 0.6) is 0 Å². The molecule has 68 valence electrons. The minimum absolute atomic E-state index is 0.0987. The lowest BCUT2D eigenvalue weighted by Gasteiger charge is -2.12. The van der Waals surface area contributed by atoms with Crippen LogP contribution in [-0.4, -0.2) is 28.0 Å². The first-order chi connectivity index (χ1) is 5.65. The quantitative estimate of drug-likeness (QED) is 0.624. The van der Waals surface area contributed by atoms with Crippen LogP contribution in [0.2, 0.25) is 0 Å². The first-order valence-corrected chi connectivity index (χ1v) is 4.76. The number of imide groups is 1. The van der Waals surface area contributed by atoms with E-state index < -0.39 is 0 Å². The van der Waals surface area contributed by atoms with Crippen LogP contribution >= 0.6 is 11.9 Å². The zero-order chi connectivity index (χ0) is 9.14. The summed E-state index contributed by atoms with van der Waals surface area (Å²) >= 11 is 1.29. The van der Waals surface area contributed by atoms with Gasteiger partial charge in [0.05, 0.1) is 0 Å². The zero-order valence-corrected chi connectivity index (χ0v) is 7.98. The molecule has 0 spiro atoms. The molecule has 0 aromatic rings. The van der Waals surface area contributed by atoms with E-state index in [1.54, 1.807) is 0 Å². The highest BCUT2D eigenvalue weighted by Crippen LogP contribution is 2.28. The largest absolute Gasteiger partial charge is 0.337 e. The Bertz CT molecular complexity index is 208. The summed E-state index contributed by atoms with van der Waals surface area (Å²) in [6, 6.07) is -0.295. The predicted molar refractivity (Wildman–Crippen MR) is 47.6 cm³/mol. The third kappa shape index (κ3) is 1.91. The maximum atomic E-state index is 11.2. The number of hydrogen-bond acceptors (Lipinski definition) is 3. The van der Waals surface area contributed by atoms with Crippen molar-refractivity contribution in [2.24, 2.45) is 0 Å². The lowest BCUT2D eigenvalue weighted by Crippen LogP contribution is -2.36. The topological polar surface area (TPSA) is 49.4 Å². The van der Waals surface area contributed by atoms with Gasteiger partial charge in [0.1, 0.15) is 0 Å². The lowest BCUT2D eigenvalue weighted by molar-refractivity contribution is -0.123. The Morgan fingerprint density at radius 1 is 1.83 bits per heavy atom. The van der Waals surface area contributed by atoms with Gasteiger partial charge in [0.25, 0.3) is 0 Å². The monoisotopic (exact) mass is 188 g/mol. The third-order valence-electron chi connectivity index (χ3n) is 1.49. The minimum Gasteiger partial charge on any atom is -0.337 e. The summed E-state index contributed by atoms with van der Waals surface area (Å²) in [6.07, 6.45) is 0.460. The van der Waals surface area contributed by atoms with Gasteiger partial charge in [0.15, 0.2) is 0 Å². The number of hydrogen-bond donors (Lipinski definition) is 1. The molecule has 1 unspecified atom stereocenters. The Labute approximate surface area is 75.8 Å². The molecule has 1 aliphatic heterocycles. The van der Waals surface area contributed by atoms with Gasteiger partial charge >= 0.3 is 6.03 Å². The molecule has 1 atom stereocenters. The summed E-state index contributed by atoms with van der Waals surface area (Å²) in [5.74, 6) is -0.0987. The van der Waals surface area contributed by atoms with Crippen molar-refractivity contribution in [3.05, 3.63) is 0 Å². The number of rotatable bonds is 1. The van der Waals surface area contributed by atoms with Crippen LogP contribution in [0.3, 0.4) is 0 Å².